The van der Waals surface area contributed by atoms with E-state index in [1.54, 1.807) is 4.90 Å². The van der Waals surface area contributed by atoms with Crippen LogP contribution >= 0.6 is 0 Å². The Morgan fingerprint density at radius 1 is 1.35 bits per heavy atom. The van der Waals surface area contributed by atoms with Crippen molar-refractivity contribution in [3.05, 3.63) is 0 Å². The summed E-state index contributed by atoms with van der Waals surface area (Å²) < 4.78 is 21.8. The van der Waals surface area contributed by atoms with Gasteiger partial charge in [-0.3, -0.25) is 4.79 Å². The van der Waals surface area contributed by atoms with E-state index >= 15 is 0 Å². The molecular weight excluding hydrogens is 240 g/mol. The normalized spacial score (nSPS) is 19.4. The second-order valence-corrected chi connectivity index (χ2v) is 7.82. The fourth-order valence-corrected chi connectivity index (χ4v) is 2.36. The number of piperidine rings is 1. The topological polar surface area (TPSA) is 80.5 Å². The van der Waals surface area contributed by atoms with Gasteiger partial charge in [0.05, 0.1) is 0 Å². The summed E-state index contributed by atoms with van der Waals surface area (Å²) in [6.07, 6.45) is 2.84. The minimum Gasteiger partial charge on any atom is -0.341 e. The average molecular weight is 262 g/mol. The Labute approximate surface area is 103 Å². The lowest BCUT2D eigenvalue weighted by atomic mass is 9.96. The number of sulfone groups is 1. The molecule has 1 saturated heterocycles. The highest BCUT2D eigenvalue weighted by Gasteiger charge is 2.41. The van der Waals surface area contributed by atoms with E-state index in [2.05, 4.69) is 0 Å². The Kier molecular flexibility index (Phi) is 4.19. The predicted molar refractivity (Wildman–Crippen MR) is 67.3 cm³/mol. The zero-order chi connectivity index (χ0) is 13.3. The molecule has 1 rings (SSSR count). The molecule has 0 spiro atoms. The third-order valence-electron chi connectivity index (χ3n) is 3.68. The minimum absolute atomic E-state index is 0.296. The van der Waals surface area contributed by atoms with Crippen LogP contribution in [0, 0.1) is 5.92 Å². The molecule has 1 aliphatic heterocycles. The van der Waals surface area contributed by atoms with Crippen molar-refractivity contribution < 1.29 is 13.2 Å². The van der Waals surface area contributed by atoms with Crippen molar-refractivity contribution in [1.29, 1.82) is 0 Å². The summed E-state index contributed by atoms with van der Waals surface area (Å²) in [4.78, 5) is 13.8. The molecular formula is C11H22N2O3S. The second kappa shape index (κ2) is 4.94. The highest BCUT2D eigenvalue weighted by Crippen LogP contribution is 2.23. The largest absolute Gasteiger partial charge is 0.341 e. The van der Waals surface area contributed by atoms with Crippen LogP contribution in [0.1, 0.15) is 26.7 Å². The van der Waals surface area contributed by atoms with Crippen LogP contribution in [0.2, 0.25) is 0 Å². The van der Waals surface area contributed by atoms with Crippen molar-refractivity contribution in [2.24, 2.45) is 11.7 Å². The Bertz CT molecular complexity index is 382. The van der Waals surface area contributed by atoms with Crippen LogP contribution in [0.4, 0.5) is 0 Å². The molecule has 0 aliphatic carbocycles. The molecule has 5 nitrogen and oxygen atoms in total. The van der Waals surface area contributed by atoms with Gasteiger partial charge in [0.1, 0.15) is 4.75 Å². The first-order valence-corrected chi connectivity index (χ1v) is 7.78. The summed E-state index contributed by atoms with van der Waals surface area (Å²) in [5, 5.41) is 0. The Balaban J connectivity index is 2.73. The second-order valence-electron chi connectivity index (χ2n) is 5.25. The number of likely N-dealkylation sites (tertiary alicyclic amines) is 1. The van der Waals surface area contributed by atoms with E-state index in [-0.39, 0.29) is 5.91 Å². The molecule has 0 atom stereocenters. The van der Waals surface area contributed by atoms with Gasteiger partial charge in [-0.05, 0) is 39.2 Å². The zero-order valence-electron chi connectivity index (χ0n) is 10.8. The Morgan fingerprint density at radius 3 is 2.18 bits per heavy atom. The quantitative estimate of drug-likeness (QED) is 0.776. The lowest BCUT2D eigenvalue weighted by Gasteiger charge is -2.35. The highest BCUT2D eigenvalue weighted by molar-refractivity contribution is 7.92. The van der Waals surface area contributed by atoms with Crippen molar-refractivity contribution >= 4 is 15.7 Å². The molecule has 2 N–H and O–H groups in total. The molecule has 1 heterocycles. The first-order chi connectivity index (χ1) is 7.70. The molecule has 1 aliphatic rings. The highest BCUT2D eigenvalue weighted by atomic mass is 32.2. The predicted octanol–water partition coefficient (Wildman–Crippen LogP) is 0.00690. The van der Waals surface area contributed by atoms with Crippen molar-refractivity contribution in [1.82, 2.24) is 4.90 Å². The first-order valence-electron chi connectivity index (χ1n) is 5.89. The van der Waals surface area contributed by atoms with E-state index in [0.29, 0.717) is 25.6 Å². The van der Waals surface area contributed by atoms with Gasteiger partial charge in [-0.15, -0.1) is 0 Å². The molecule has 0 aromatic carbocycles. The molecule has 6 heteroatoms. The first kappa shape index (κ1) is 14.4. The maximum absolute atomic E-state index is 12.2. The van der Waals surface area contributed by atoms with Crippen LogP contribution in [0.15, 0.2) is 0 Å². The number of carbonyl (C=O) groups excluding carboxylic acids is 1. The Hall–Kier alpha value is -0.620. The van der Waals surface area contributed by atoms with Gasteiger partial charge < -0.3 is 10.6 Å². The summed E-state index contributed by atoms with van der Waals surface area (Å²) in [5.41, 5.74) is 5.58. The third kappa shape index (κ3) is 2.98. The van der Waals surface area contributed by atoms with E-state index in [1.807, 2.05) is 0 Å². The van der Waals surface area contributed by atoms with Crippen LogP contribution in [-0.4, -0.2) is 49.9 Å². The number of hydrogen-bond acceptors (Lipinski definition) is 4. The van der Waals surface area contributed by atoms with E-state index < -0.39 is 14.6 Å². The number of amides is 1. The van der Waals surface area contributed by atoms with Gasteiger partial charge in [0.25, 0.3) is 0 Å². The summed E-state index contributed by atoms with van der Waals surface area (Å²) >= 11 is 0. The average Bonchev–Trinajstić information content (AvgIpc) is 2.26. The summed E-state index contributed by atoms with van der Waals surface area (Å²) in [5.74, 6) is 0.163. The standard InChI is InChI=1S/C11H22N2O3S/c1-11(2,17(3,15)16)10(14)13-6-4-9(8-12)5-7-13/h9H,4-8,12H2,1-3H3. The fraction of sp³-hybridized carbons (Fsp3) is 0.909. The van der Waals surface area contributed by atoms with Gasteiger partial charge in [0, 0.05) is 19.3 Å². The maximum atomic E-state index is 12.2. The van der Waals surface area contributed by atoms with Gasteiger partial charge >= 0.3 is 0 Å². The van der Waals surface area contributed by atoms with Crippen LogP contribution in [0.3, 0.4) is 0 Å². The summed E-state index contributed by atoms with van der Waals surface area (Å²) in [6.45, 7) is 4.80. The van der Waals surface area contributed by atoms with Crippen molar-refractivity contribution in [2.45, 2.75) is 31.4 Å². The minimum atomic E-state index is -3.39. The fourth-order valence-electron chi connectivity index (χ4n) is 1.91. The van der Waals surface area contributed by atoms with Gasteiger partial charge in [-0.2, -0.15) is 0 Å². The van der Waals surface area contributed by atoms with Crippen LogP contribution in [0.5, 0.6) is 0 Å². The molecule has 0 radical (unpaired) electrons. The monoisotopic (exact) mass is 262 g/mol. The van der Waals surface area contributed by atoms with Gasteiger partial charge in [-0.25, -0.2) is 8.42 Å². The SMILES string of the molecule is CC(C)(C(=O)N1CCC(CN)CC1)S(C)(=O)=O. The number of nitrogens with zero attached hydrogens (tertiary/aromatic N) is 1. The zero-order valence-corrected chi connectivity index (χ0v) is 11.6. The summed E-state index contributed by atoms with van der Waals surface area (Å²) in [6, 6.07) is 0. The molecule has 1 amide bonds. The molecule has 0 aromatic rings. The molecule has 17 heavy (non-hydrogen) atoms. The van der Waals surface area contributed by atoms with Crippen molar-refractivity contribution in [3.63, 3.8) is 0 Å². The Morgan fingerprint density at radius 2 is 1.82 bits per heavy atom. The van der Waals surface area contributed by atoms with Crippen LogP contribution in [-0.2, 0) is 14.6 Å². The van der Waals surface area contributed by atoms with Crippen LogP contribution < -0.4 is 5.73 Å². The molecule has 0 aromatic heterocycles. The summed E-state index contributed by atoms with van der Waals surface area (Å²) in [7, 11) is -3.39. The lowest BCUT2D eigenvalue weighted by Crippen LogP contribution is -2.52. The van der Waals surface area contributed by atoms with Crippen molar-refractivity contribution in [2.75, 3.05) is 25.9 Å². The number of carbonyl (C=O) groups is 1. The van der Waals surface area contributed by atoms with Crippen molar-refractivity contribution in [3.8, 4) is 0 Å². The van der Waals surface area contributed by atoms with E-state index in [4.69, 9.17) is 5.73 Å². The molecule has 0 saturated carbocycles. The van der Waals surface area contributed by atoms with Gasteiger partial charge in [0.2, 0.25) is 5.91 Å². The molecule has 1 fully saturated rings. The molecule has 0 unspecified atom stereocenters. The van der Waals surface area contributed by atoms with E-state index in [1.165, 1.54) is 13.8 Å². The van der Waals surface area contributed by atoms with E-state index in [9.17, 15) is 13.2 Å². The van der Waals surface area contributed by atoms with Crippen LogP contribution in [0.25, 0.3) is 0 Å². The smallest absolute Gasteiger partial charge is 0.243 e. The molecule has 100 valence electrons. The third-order valence-corrected chi connectivity index (χ3v) is 5.71. The lowest BCUT2D eigenvalue weighted by molar-refractivity contribution is -0.134. The number of nitrogens with two attached hydrogens (primary N) is 1. The maximum Gasteiger partial charge on any atom is 0.243 e. The molecule has 0 bridgehead atoms. The van der Waals surface area contributed by atoms with Gasteiger partial charge in [0.15, 0.2) is 9.84 Å². The van der Waals surface area contributed by atoms with Gasteiger partial charge in [-0.1, -0.05) is 0 Å². The number of hydrogen-bond donors (Lipinski definition) is 1. The number of rotatable bonds is 3. The van der Waals surface area contributed by atoms with E-state index in [0.717, 1.165) is 19.1 Å².